The Kier molecular flexibility index (Phi) is 7.25. The largest absolute Gasteiger partial charge is 0.476 e. The maximum absolute atomic E-state index is 11.4. The van der Waals surface area contributed by atoms with Gasteiger partial charge in [-0.15, -0.1) is 0 Å². The number of hydrogen-bond donors (Lipinski definition) is 5. The highest BCUT2D eigenvalue weighted by atomic mass is 35.5. The molecule has 2 aromatic carbocycles. The minimum absolute atomic E-state index is 0.156. The van der Waals surface area contributed by atoms with Gasteiger partial charge in [0.25, 0.3) is 0 Å². The van der Waals surface area contributed by atoms with Gasteiger partial charge in [-0.2, -0.15) is 0 Å². The Labute approximate surface area is 157 Å². The number of nitrogens with two attached hydrogens (primary N) is 1. The number of urea groups is 1. The van der Waals surface area contributed by atoms with Crippen molar-refractivity contribution in [2.45, 2.75) is 20.0 Å². The van der Waals surface area contributed by atoms with Crippen LogP contribution < -0.4 is 21.9 Å². The van der Waals surface area contributed by atoms with Crippen molar-refractivity contribution in [1.82, 2.24) is 5.43 Å². The van der Waals surface area contributed by atoms with E-state index in [1.54, 1.807) is 18.2 Å². The zero-order valence-corrected chi connectivity index (χ0v) is 15.2. The predicted octanol–water partition coefficient (Wildman–Crippen LogP) is 3.64. The summed E-state index contributed by atoms with van der Waals surface area (Å²) in [6, 6.07) is 12.3. The Morgan fingerprint density at radius 1 is 1.23 bits per heavy atom. The fraction of sp³-hybridized carbons (Fsp3) is 0.222. The van der Waals surface area contributed by atoms with Crippen molar-refractivity contribution in [3.63, 3.8) is 0 Å². The van der Waals surface area contributed by atoms with Gasteiger partial charge >= 0.3 is 6.03 Å². The zero-order valence-electron chi connectivity index (χ0n) is 14.4. The highest BCUT2D eigenvalue weighted by molar-refractivity contribution is 6.30. The molecule has 0 saturated carbocycles. The van der Waals surface area contributed by atoms with Crippen LogP contribution in [-0.2, 0) is 11.3 Å². The molecule has 0 bridgehead atoms. The van der Waals surface area contributed by atoms with Crippen LogP contribution in [0.3, 0.4) is 0 Å². The Balaban J connectivity index is 1.85. The fourth-order valence-electron chi connectivity index (χ4n) is 2.29. The summed E-state index contributed by atoms with van der Waals surface area (Å²) in [7, 11) is 0. The molecule has 0 aliphatic heterocycles. The minimum atomic E-state index is -0.515. The van der Waals surface area contributed by atoms with Crippen LogP contribution in [0.5, 0.6) is 0 Å². The van der Waals surface area contributed by atoms with E-state index in [1.165, 1.54) is 0 Å². The number of ether oxygens (including phenoxy) is 1. The molecule has 8 heteroatoms. The van der Waals surface area contributed by atoms with Gasteiger partial charge in [0, 0.05) is 34.9 Å². The van der Waals surface area contributed by atoms with Crippen LogP contribution in [0.2, 0.25) is 5.02 Å². The average molecular weight is 376 g/mol. The number of carbonyl (C=O) groups is 1. The fourth-order valence-corrected chi connectivity index (χ4v) is 2.41. The Morgan fingerprint density at radius 2 is 1.96 bits per heavy atom. The molecule has 2 rings (SSSR count). The van der Waals surface area contributed by atoms with Crippen molar-refractivity contribution in [3.8, 4) is 0 Å². The van der Waals surface area contributed by atoms with E-state index in [4.69, 9.17) is 27.6 Å². The molecule has 6 N–H and O–H groups in total. The van der Waals surface area contributed by atoms with E-state index in [-0.39, 0.29) is 12.5 Å². The number of nitrogens with one attached hydrogen (secondary N) is 4. The monoisotopic (exact) mass is 375 g/mol. The van der Waals surface area contributed by atoms with E-state index in [1.807, 2.05) is 36.6 Å². The number of benzene rings is 2. The smallest absolute Gasteiger partial charge is 0.333 e. The highest BCUT2D eigenvalue weighted by Gasteiger charge is 2.10. The molecule has 138 valence electrons. The molecule has 0 spiro atoms. The topological polar surface area (TPSA) is 112 Å². The first-order valence-electron chi connectivity index (χ1n) is 8.05. The third-order valence-electron chi connectivity index (χ3n) is 3.71. The molecule has 0 atom stereocenters. The third kappa shape index (κ3) is 5.94. The Bertz CT molecular complexity index is 765. The van der Waals surface area contributed by atoms with Gasteiger partial charge in [0.1, 0.15) is 6.61 Å². The van der Waals surface area contributed by atoms with Crippen molar-refractivity contribution in [2.24, 2.45) is 5.84 Å². The average Bonchev–Trinajstić information content (AvgIpc) is 2.62. The molecule has 0 radical (unpaired) electrons. The molecular weight excluding hydrogens is 354 g/mol. The third-order valence-corrected chi connectivity index (χ3v) is 3.96. The number of amides is 2. The van der Waals surface area contributed by atoms with Crippen LogP contribution in [-0.4, -0.2) is 18.5 Å². The van der Waals surface area contributed by atoms with Gasteiger partial charge < -0.3 is 15.4 Å². The normalized spacial score (nSPS) is 10.1. The molecule has 0 aromatic heterocycles. The van der Waals surface area contributed by atoms with E-state index in [2.05, 4.69) is 10.6 Å². The summed E-state index contributed by atoms with van der Waals surface area (Å²) in [5, 5.41) is 14.5. The van der Waals surface area contributed by atoms with E-state index in [9.17, 15) is 4.79 Å². The Hall–Kier alpha value is -2.77. The first-order valence-corrected chi connectivity index (χ1v) is 8.43. The molecule has 7 nitrogen and oxygen atoms in total. The quantitative estimate of drug-likeness (QED) is 0.167. The SMILES string of the molecule is Cc1cccc(NC(=O)NN)c1COC(=N)CCNc1ccc(Cl)cc1. The van der Waals surface area contributed by atoms with Gasteiger partial charge in [0.15, 0.2) is 5.90 Å². The maximum atomic E-state index is 11.4. The second-order valence-corrected chi connectivity index (χ2v) is 6.03. The molecular formula is C18H22ClN5O2. The van der Waals surface area contributed by atoms with Crippen LogP contribution >= 0.6 is 11.6 Å². The standard InChI is InChI=1S/C18H22ClN5O2/c1-12-3-2-4-16(23-18(25)24-21)15(12)11-26-17(20)9-10-22-14-7-5-13(19)6-8-14/h2-8,20,22H,9-11,21H2,1H3,(H2,23,24,25). The maximum Gasteiger partial charge on any atom is 0.333 e. The van der Waals surface area contributed by atoms with Gasteiger partial charge in [-0.25, -0.2) is 10.6 Å². The summed E-state index contributed by atoms with van der Waals surface area (Å²) >= 11 is 5.84. The second-order valence-electron chi connectivity index (χ2n) is 5.60. The number of rotatable bonds is 7. The lowest BCUT2D eigenvalue weighted by Gasteiger charge is -2.15. The molecule has 0 aliphatic carbocycles. The molecule has 0 saturated heterocycles. The summed E-state index contributed by atoms with van der Waals surface area (Å²) in [5.74, 6) is 5.26. The van der Waals surface area contributed by atoms with E-state index >= 15 is 0 Å². The van der Waals surface area contributed by atoms with Crippen LogP contribution in [0.25, 0.3) is 0 Å². The number of halogens is 1. The second kappa shape index (κ2) is 9.65. The highest BCUT2D eigenvalue weighted by Crippen LogP contribution is 2.21. The van der Waals surface area contributed by atoms with Crippen LogP contribution in [0.15, 0.2) is 42.5 Å². The molecule has 2 amide bonds. The zero-order chi connectivity index (χ0) is 18.9. The van der Waals surface area contributed by atoms with Crippen molar-refractivity contribution in [2.75, 3.05) is 17.2 Å². The van der Waals surface area contributed by atoms with E-state index in [0.717, 1.165) is 16.8 Å². The van der Waals surface area contributed by atoms with Crippen molar-refractivity contribution < 1.29 is 9.53 Å². The van der Waals surface area contributed by atoms with E-state index < -0.39 is 6.03 Å². The van der Waals surface area contributed by atoms with Gasteiger partial charge in [-0.1, -0.05) is 23.7 Å². The van der Waals surface area contributed by atoms with Crippen LogP contribution in [0, 0.1) is 12.3 Å². The van der Waals surface area contributed by atoms with Crippen LogP contribution in [0.4, 0.5) is 16.2 Å². The molecule has 0 heterocycles. The molecule has 26 heavy (non-hydrogen) atoms. The lowest BCUT2D eigenvalue weighted by molar-refractivity contribution is 0.252. The number of anilines is 2. The number of carbonyl (C=O) groups excluding carboxylic acids is 1. The number of aryl methyl sites for hydroxylation is 1. The summed E-state index contributed by atoms with van der Waals surface area (Å²) in [6.45, 7) is 2.66. The van der Waals surface area contributed by atoms with Gasteiger partial charge in [0.05, 0.1) is 0 Å². The molecule has 0 unspecified atom stereocenters. The number of hydrazine groups is 1. The van der Waals surface area contributed by atoms with Crippen molar-refractivity contribution in [3.05, 3.63) is 58.6 Å². The molecule has 0 fully saturated rings. The van der Waals surface area contributed by atoms with Gasteiger partial charge in [-0.05, 0) is 42.8 Å². The molecule has 0 aliphatic rings. The Morgan fingerprint density at radius 3 is 2.65 bits per heavy atom. The molecule has 2 aromatic rings. The van der Waals surface area contributed by atoms with Gasteiger partial charge in [0.2, 0.25) is 0 Å². The first-order chi connectivity index (χ1) is 12.5. The van der Waals surface area contributed by atoms with Crippen LogP contribution in [0.1, 0.15) is 17.5 Å². The summed E-state index contributed by atoms with van der Waals surface area (Å²) in [5.41, 5.74) is 5.30. The van der Waals surface area contributed by atoms with Gasteiger partial charge in [-0.3, -0.25) is 10.8 Å². The summed E-state index contributed by atoms with van der Waals surface area (Å²) in [4.78, 5) is 11.4. The lowest BCUT2D eigenvalue weighted by atomic mass is 10.1. The lowest BCUT2D eigenvalue weighted by Crippen LogP contribution is -2.34. The predicted molar refractivity (Wildman–Crippen MR) is 105 cm³/mol. The summed E-state index contributed by atoms with van der Waals surface area (Å²) < 4.78 is 5.54. The first kappa shape index (κ1) is 19.6. The van der Waals surface area contributed by atoms with E-state index in [0.29, 0.717) is 23.7 Å². The van der Waals surface area contributed by atoms with Crippen molar-refractivity contribution in [1.29, 1.82) is 5.41 Å². The number of hydrogen-bond acceptors (Lipinski definition) is 5. The van der Waals surface area contributed by atoms with Crippen molar-refractivity contribution >= 4 is 34.9 Å². The minimum Gasteiger partial charge on any atom is -0.476 e. The summed E-state index contributed by atoms with van der Waals surface area (Å²) in [6.07, 6.45) is 0.431.